The van der Waals surface area contributed by atoms with Gasteiger partial charge in [0.15, 0.2) is 11.6 Å². The van der Waals surface area contributed by atoms with Crippen LogP contribution in [0.2, 0.25) is 0 Å². The molecule has 1 aromatic carbocycles. The van der Waals surface area contributed by atoms with E-state index in [0.29, 0.717) is 0 Å². The normalized spacial score (nSPS) is 26.7. The molecule has 2 aliphatic carbocycles. The minimum absolute atomic E-state index is 0.188. The maximum Gasteiger partial charge on any atom is 0.435 e. The van der Waals surface area contributed by atoms with Gasteiger partial charge < -0.3 is 4.74 Å². The Morgan fingerprint density at radius 1 is 0.857 bits per heavy atom. The molecule has 0 bridgehead atoms. The molecule has 0 radical (unpaired) electrons. The molecule has 2 aliphatic rings. The van der Waals surface area contributed by atoms with Gasteiger partial charge in [-0.25, -0.2) is 22.0 Å². The van der Waals surface area contributed by atoms with Crippen LogP contribution in [0.3, 0.4) is 0 Å². The van der Waals surface area contributed by atoms with Crippen molar-refractivity contribution in [3.05, 3.63) is 71.6 Å². The monoisotopic (exact) mass is 418 g/mol. The molecule has 0 amide bonds. The highest BCUT2D eigenvalue weighted by atomic mass is 27.2. The molecule has 3 rings (SSSR count). The van der Waals surface area contributed by atoms with Gasteiger partial charge in [-0.1, -0.05) is 24.3 Å². The minimum atomic E-state index is -4.26. The molecular formula is C19H14AlF7O. The van der Waals surface area contributed by atoms with Crippen LogP contribution < -0.4 is 9.16 Å². The maximum absolute atomic E-state index is 15.9. The first-order chi connectivity index (χ1) is 13.1. The van der Waals surface area contributed by atoms with Crippen LogP contribution in [0.1, 0.15) is 12.8 Å². The van der Waals surface area contributed by atoms with E-state index < -0.39 is 75.3 Å². The third kappa shape index (κ3) is 3.53. The van der Waals surface area contributed by atoms with Gasteiger partial charge in [-0.2, -0.15) is 0 Å². The molecule has 0 aromatic heterocycles. The van der Waals surface area contributed by atoms with E-state index in [2.05, 4.69) is 0 Å². The number of alkyl halides is 2. The lowest BCUT2D eigenvalue weighted by Gasteiger charge is -2.38. The van der Waals surface area contributed by atoms with Crippen LogP contribution in [-0.2, 0) is 0 Å². The summed E-state index contributed by atoms with van der Waals surface area (Å²) in [5, 5.41) is 0. The Balaban J connectivity index is 2.31. The van der Waals surface area contributed by atoms with Crippen molar-refractivity contribution >= 4 is 18.6 Å². The van der Waals surface area contributed by atoms with Gasteiger partial charge in [0.25, 0.3) is 0 Å². The molecular weight excluding hydrogens is 404 g/mol. The van der Waals surface area contributed by atoms with E-state index in [1.807, 2.05) is 0 Å². The summed E-state index contributed by atoms with van der Waals surface area (Å²) in [6, 6.07) is 0.188. The first kappa shape index (κ1) is 20.7. The molecule has 2 atom stereocenters. The van der Waals surface area contributed by atoms with Crippen LogP contribution in [0.5, 0.6) is 5.75 Å². The molecule has 2 unspecified atom stereocenters. The molecule has 0 N–H and O–H groups in total. The van der Waals surface area contributed by atoms with Crippen molar-refractivity contribution in [1.29, 1.82) is 0 Å². The SMILES string of the molecule is COc1c(F)cc(F)c(F)[c]1[Al]([C]1(F)C=CC=C(F)C1)[C]1(F)C=CC=C(F)C1. The van der Waals surface area contributed by atoms with Crippen molar-refractivity contribution in [1.82, 2.24) is 0 Å². The third-order valence-corrected chi connectivity index (χ3v) is 8.60. The van der Waals surface area contributed by atoms with Crippen LogP contribution in [0, 0.1) is 17.5 Å². The molecule has 0 fully saturated rings. The van der Waals surface area contributed by atoms with Gasteiger partial charge in [0.2, 0.25) is 0 Å². The second kappa shape index (κ2) is 7.45. The number of allylic oxidation sites excluding steroid dienone is 8. The van der Waals surface area contributed by atoms with Gasteiger partial charge >= 0.3 is 14.1 Å². The van der Waals surface area contributed by atoms with E-state index in [0.717, 1.165) is 43.6 Å². The lowest BCUT2D eigenvalue weighted by Crippen LogP contribution is -2.63. The summed E-state index contributed by atoms with van der Waals surface area (Å²) in [5.74, 6) is -7.54. The van der Waals surface area contributed by atoms with E-state index in [4.69, 9.17) is 4.74 Å². The number of rotatable bonds is 4. The number of methoxy groups -OCH3 is 1. The Morgan fingerprint density at radius 3 is 1.79 bits per heavy atom. The summed E-state index contributed by atoms with van der Waals surface area (Å²) in [4.78, 5) is 0. The highest BCUT2D eigenvalue weighted by molar-refractivity contribution is 6.80. The minimum Gasteiger partial charge on any atom is -0.495 e. The molecule has 0 heterocycles. The lowest BCUT2D eigenvalue weighted by atomic mass is 10.1. The predicted molar refractivity (Wildman–Crippen MR) is 91.8 cm³/mol. The summed E-state index contributed by atoms with van der Waals surface area (Å²) in [6.07, 6.45) is 3.52. The van der Waals surface area contributed by atoms with Crippen molar-refractivity contribution in [2.45, 2.75) is 21.9 Å². The van der Waals surface area contributed by atoms with Gasteiger partial charge in [-0.3, -0.25) is 8.78 Å². The average molecular weight is 418 g/mol. The van der Waals surface area contributed by atoms with E-state index in [9.17, 15) is 22.0 Å². The molecule has 0 aliphatic heterocycles. The largest absolute Gasteiger partial charge is 0.495 e. The fourth-order valence-electron chi connectivity index (χ4n) is 3.72. The van der Waals surface area contributed by atoms with Gasteiger partial charge in [0.1, 0.15) is 23.2 Å². The van der Waals surface area contributed by atoms with Crippen LogP contribution in [0.25, 0.3) is 0 Å². The number of ether oxygens (including phenoxy) is 1. The van der Waals surface area contributed by atoms with Crippen molar-refractivity contribution in [3.63, 3.8) is 0 Å². The number of halogens is 7. The first-order valence-electron chi connectivity index (χ1n) is 8.28. The Hall–Kier alpha value is -1.98. The standard InChI is InChI=1S/C7H4F3O.2C6H5F2.Al/c1-11-7-3-5(9)4(8)2-6(7)10;2*7-5-2-1-3-6(8)4-5;/h2H,1H3;2*1-3H,4H2;. The van der Waals surface area contributed by atoms with Crippen molar-refractivity contribution in [3.8, 4) is 5.75 Å². The Kier molecular flexibility index (Phi) is 5.52. The van der Waals surface area contributed by atoms with Crippen molar-refractivity contribution in [2.24, 2.45) is 0 Å². The average Bonchev–Trinajstić information content (AvgIpc) is 2.58. The number of hydrogen-bond donors (Lipinski definition) is 0. The molecule has 1 aromatic rings. The summed E-state index contributed by atoms with van der Waals surface area (Å²) >= 11 is -4.26. The topological polar surface area (TPSA) is 9.23 Å². The van der Waals surface area contributed by atoms with Crippen LogP contribution >= 0.6 is 0 Å². The number of benzene rings is 1. The molecule has 0 saturated carbocycles. The summed E-state index contributed by atoms with van der Waals surface area (Å²) in [5.41, 5.74) is 0. The fourth-order valence-corrected chi connectivity index (χ4v) is 7.79. The highest BCUT2D eigenvalue weighted by Gasteiger charge is 2.61. The zero-order valence-electron chi connectivity index (χ0n) is 14.6. The zero-order chi connectivity index (χ0) is 20.7. The van der Waals surface area contributed by atoms with Crippen molar-refractivity contribution in [2.75, 3.05) is 7.11 Å². The Labute approximate surface area is 160 Å². The van der Waals surface area contributed by atoms with E-state index in [-0.39, 0.29) is 6.07 Å². The van der Waals surface area contributed by atoms with Crippen LogP contribution in [0.4, 0.5) is 30.7 Å². The summed E-state index contributed by atoms with van der Waals surface area (Å²) in [7, 11) is 0.926. The molecule has 28 heavy (non-hydrogen) atoms. The van der Waals surface area contributed by atoms with Crippen molar-refractivity contribution < 1.29 is 35.5 Å². The predicted octanol–water partition coefficient (Wildman–Crippen LogP) is 4.94. The first-order valence-corrected chi connectivity index (χ1v) is 10.0. The molecule has 1 nitrogen and oxygen atoms in total. The highest BCUT2D eigenvalue weighted by Crippen LogP contribution is 2.42. The third-order valence-electron chi connectivity index (χ3n) is 4.79. The van der Waals surface area contributed by atoms with E-state index in [1.165, 1.54) is 0 Å². The smallest absolute Gasteiger partial charge is 0.435 e. The molecule has 148 valence electrons. The number of hydrogen-bond acceptors (Lipinski definition) is 1. The Morgan fingerprint density at radius 2 is 1.36 bits per heavy atom. The quantitative estimate of drug-likeness (QED) is 0.383. The zero-order valence-corrected chi connectivity index (χ0v) is 15.7. The fraction of sp³-hybridized carbons (Fsp3) is 0.263. The van der Waals surface area contributed by atoms with Gasteiger partial charge in [-0.05, 0) is 16.6 Å². The molecule has 0 saturated heterocycles. The Bertz CT molecular complexity index is 881. The molecule has 9 heteroatoms. The maximum atomic E-state index is 15.9. The van der Waals surface area contributed by atoms with E-state index >= 15 is 8.78 Å². The van der Waals surface area contributed by atoms with Gasteiger partial charge in [0, 0.05) is 18.9 Å². The summed E-state index contributed by atoms with van der Waals surface area (Å²) < 4.78 is 101. The summed E-state index contributed by atoms with van der Waals surface area (Å²) in [6.45, 7) is 0. The second-order valence-electron chi connectivity index (χ2n) is 6.69. The van der Waals surface area contributed by atoms with Crippen LogP contribution in [0.15, 0.2) is 54.2 Å². The van der Waals surface area contributed by atoms with E-state index in [1.54, 1.807) is 0 Å². The van der Waals surface area contributed by atoms with Crippen LogP contribution in [-0.4, -0.2) is 30.3 Å². The lowest BCUT2D eigenvalue weighted by molar-refractivity contribution is 0.257. The van der Waals surface area contributed by atoms with Gasteiger partial charge in [-0.15, -0.1) is 0 Å². The van der Waals surface area contributed by atoms with Gasteiger partial charge in [0.05, 0.1) is 16.2 Å². The molecule has 0 spiro atoms. The second-order valence-corrected chi connectivity index (χ2v) is 10.0.